The Bertz CT molecular complexity index is 533. The van der Waals surface area contributed by atoms with E-state index in [4.69, 9.17) is 10.5 Å². The topological polar surface area (TPSA) is 53.1 Å². The maximum atomic E-state index is 6.03. The first-order chi connectivity index (χ1) is 9.27. The number of rotatable bonds is 7. The number of anilines is 1. The van der Waals surface area contributed by atoms with E-state index < -0.39 is 0 Å². The van der Waals surface area contributed by atoms with Gasteiger partial charge in [0.15, 0.2) is 0 Å². The molecule has 0 radical (unpaired) electrons. The molecule has 1 heterocycles. The standard InChI is InChI=1S/C15H23N3O/c1-3-5-6-10-18-12-8-7-9-13(19-11-4-2)14(12)17-15(18)16/h7-9H,3-6,10-11H2,1-2H3,(H2,16,17). The third-order valence-electron chi connectivity index (χ3n) is 3.22. The van der Waals surface area contributed by atoms with E-state index in [1.807, 2.05) is 12.1 Å². The van der Waals surface area contributed by atoms with Crippen LogP contribution >= 0.6 is 0 Å². The molecule has 0 atom stereocenters. The maximum Gasteiger partial charge on any atom is 0.201 e. The van der Waals surface area contributed by atoms with Crippen molar-refractivity contribution in [1.29, 1.82) is 0 Å². The zero-order valence-corrected chi connectivity index (χ0v) is 11.9. The van der Waals surface area contributed by atoms with Crippen LogP contribution in [0.2, 0.25) is 0 Å². The number of ether oxygens (including phenoxy) is 1. The molecule has 4 heteroatoms. The van der Waals surface area contributed by atoms with Crippen molar-refractivity contribution in [2.75, 3.05) is 12.3 Å². The number of hydrogen-bond donors (Lipinski definition) is 1. The lowest BCUT2D eigenvalue weighted by atomic mass is 10.2. The number of nitrogens with zero attached hydrogens (tertiary/aromatic N) is 2. The van der Waals surface area contributed by atoms with Crippen LogP contribution in [0.15, 0.2) is 18.2 Å². The van der Waals surface area contributed by atoms with Crippen LogP contribution in [0.5, 0.6) is 5.75 Å². The Morgan fingerprint density at radius 1 is 1.21 bits per heavy atom. The van der Waals surface area contributed by atoms with E-state index in [9.17, 15) is 0 Å². The number of hydrogen-bond acceptors (Lipinski definition) is 3. The van der Waals surface area contributed by atoms with Gasteiger partial charge in [-0.1, -0.05) is 32.8 Å². The molecule has 0 spiro atoms. The third-order valence-corrected chi connectivity index (χ3v) is 3.22. The number of benzene rings is 1. The van der Waals surface area contributed by atoms with Gasteiger partial charge in [-0.25, -0.2) is 4.98 Å². The smallest absolute Gasteiger partial charge is 0.201 e. The van der Waals surface area contributed by atoms with Crippen molar-refractivity contribution in [2.24, 2.45) is 0 Å². The fraction of sp³-hybridized carbons (Fsp3) is 0.533. The molecule has 0 aliphatic carbocycles. The zero-order valence-electron chi connectivity index (χ0n) is 11.9. The van der Waals surface area contributed by atoms with Gasteiger partial charge in [0.25, 0.3) is 0 Å². The molecule has 19 heavy (non-hydrogen) atoms. The Hall–Kier alpha value is -1.71. The molecule has 0 amide bonds. The van der Waals surface area contributed by atoms with Gasteiger partial charge in [0.1, 0.15) is 11.3 Å². The molecule has 4 nitrogen and oxygen atoms in total. The minimum atomic E-state index is 0.582. The van der Waals surface area contributed by atoms with E-state index in [-0.39, 0.29) is 0 Å². The van der Waals surface area contributed by atoms with Gasteiger partial charge in [-0.2, -0.15) is 0 Å². The summed E-state index contributed by atoms with van der Waals surface area (Å²) in [4.78, 5) is 4.46. The third kappa shape index (κ3) is 3.00. The lowest BCUT2D eigenvalue weighted by Gasteiger charge is -2.07. The van der Waals surface area contributed by atoms with Crippen LogP contribution in [0.3, 0.4) is 0 Å². The summed E-state index contributed by atoms with van der Waals surface area (Å²) < 4.78 is 7.82. The molecular weight excluding hydrogens is 238 g/mol. The summed E-state index contributed by atoms with van der Waals surface area (Å²) >= 11 is 0. The zero-order chi connectivity index (χ0) is 13.7. The number of imidazole rings is 1. The maximum absolute atomic E-state index is 6.03. The Labute approximate surface area is 114 Å². The van der Waals surface area contributed by atoms with Crippen LogP contribution in [0.1, 0.15) is 39.5 Å². The predicted octanol–water partition coefficient (Wildman–Crippen LogP) is 3.60. The largest absolute Gasteiger partial charge is 0.491 e. The van der Waals surface area contributed by atoms with Gasteiger partial charge in [-0.3, -0.25) is 0 Å². The molecule has 0 bridgehead atoms. The van der Waals surface area contributed by atoms with E-state index in [2.05, 4.69) is 29.5 Å². The van der Waals surface area contributed by atoms with Crippen molar-refractivity contribution in [1.82, 2.24) is 9.55 Å². The number of para-hydroxylation sites is 1. The van der Waals surface area contributed by atoms with E-state index in [1.54, 1.807) is 0 Å². The van der Waals surface area contributed by atoms with Crippen LogP contribution in [0.25, 0.3) is 11.0 Å². The van der Waals surface area contributed by atoms with Gasteiger partial charge in [0.05, 0.1) is 12.1 Å². The van der Waals surface area contributed by atoms with Crippen LogP contribution in [-0.4, -0.2) is 16.2 Å². The minimum absolute atomic E-state index is 0.582. The van der Waals surface area contributed by atoms with Crippen LogP contribution in [0.4, 0.5) is 5.95 Å². The fourth-order valence-electron chi connectivity index (χ4n) is 2.22. The first kappa shape index (κ1) is 13.7. The average molecular weight is 261 g/mol. The molecule has 0 saturated carbocycles. The van der Waals surface area contributed by atoms with Gasteiger partial charge in [0, 0.05) is 6.54 Å². The number of unbranched alkanes of at least 4 members (excludes halogenated alkanes) is 2. The van der Waals surface area contributed by atoms with E-state index >= 15 is 0 Å². The highest BCUT2D eigenvalue weighted by atomic mass is 16.5. The molecule has 0 aliphatic rings. The number of nitrogens with two attached hydrogens (primary N) is 1. The summed E-state index contributed by atoms with van der Waals surface area (Å²) in [5, 5.41) is 0. The summed E-state index contributed by atoms with van der Waals surface area (Å²) in [5.41, 5.74) is 7.98. The van der Waals surface area contributed by atoms with Crippen molar-refractivity contribution < 1.29 is 4.74 Å². The molecule has 1 aromatic heterocycles. The summed E-state index contributed by atoms with van der Waals surface area (Å²) in [5.74, 6) is 1.42. The Kier molecular flexibility index (Phi) is 4.66. The van der Waals surface area contributed by atoms with Gasteiger partial charge >= 0.3 is 0 Å². The highest BCUT2D eigenvalue weighted by Crippen LogP contribution is 2.27. The van der Waals surface area contributed by atoms with Crippen LogP contribution < -0.4 is 10.5 Å². The van der Waals surface area contributed by atoms with Crippen molar-refractivity contribution in [2.45, 2.75) is 46.1 Å². The molecule has 0 fully saturated rings. The molecule has 2 N–H and O–H groups in total. The SMILES string of the molecule is CCCCCn1c(N)nc2c(OCCC)cccc21. The number of fused-ring (bicyclic) bond motifs is 1. The molecule has 2 aromatic rings. The Balaban J connectivity index is 2.29. The van der Waals surface area contributed by atoms with Crippen molar-refractivity contribution in [3.05, 3.63) is 18.2 Å². The predicted molar refractivity (Wildman–Crippen MR) is 79.5 cm³/mol. The molecule has 2 rings (SSSR count). The molecule has 0 unspecified atom stereocenters. The lowest BCUT2D eigenvalue weighted by molar-refractivity contribution is 0.320. The Morgan fingerprint density at radius 3 is 2.79 bits per heavy atom. The van der Waals surface area contributed by atoms with Gasteiger partial charge in [-0.05, 0) is 25.0 Å². The Morgan fingerprint density at radius 2 is 2.05 bits per heavy atom. The first-order valence-corrected chi connectivity index (χ1v) is 7.15. The highest BCUT2D eigenvalue weighted by molar-refractivity contribution is 5.84. The molecular formula is C15H23N3O. The number of aryl methyl sites for hydroxylation is 1. The van der Waals surface area contributed by atoms with Gasteiger partial charge in [0.2, 0.25) is 5.95 Å². The van der Waals surface area contributed by atoms with E-state index in [1.165, 1.54) is 12.8 Å². The number of nitrogen functional groups attached to an aromatic ring is 1. The lowest BCUT2D eigenvalue weighted by Crippen LogP contribution is -2.03. The quantitative estimate of drug-likeness (QED) is 0.775. The first-order valence-electron chi connectivity index (χ1n) is 7.15. The normalized spacial score (nSPS) is 11.1. The molecule has 1 aromatic carbocycles. The van der Waals surface area contributed by atoms with Crippen molar-refractivity contribution in [3.63, 3.8) is 0 Å². The molecule has 0 aliphatic heterocycles. The summed E-state index contributed by atoms with van der Waals surface area (Å²) in [7, 11) is 0. The summed E-state index contributed by atoms with van der Waals surface area (Å²) in [6.07, 6.45) is 4.54. The highest BCUT2D eigenvalue weighted by Gasteiger charge is 2.11. The summed E-state index contributed by atoms with van der Waals surface area (Å²) in [6.45, 7) is 5.93. The van der Waals surface area contributed by atoms with E-state index in [0.29, 0.717) is 12.6 Å². The second-order valence-corrected chi connectivity index (χ2v) is 4.80. The average Bonchev–Trinajstić information content (AvgIpc) is 2.74. The fourth-order valence-corrected chi connectivity index (χ4v) is 2.22. The van der Waals surface area contributed by atoms with Gasteiger partial charge < -0.3 is 15.0 Å². The summed E-state index contributed by atoms with van der Waals surface area (Å²) in [6, 6.07) is 6.02. The van der Waals surface area contributed by atoms with Crippen LogP contribution in [-0.2, 0) is 6.54 Å². The number of aromatic nitrogens is 2. The second kappa shape index (κ2) is 6.45. The van der Waals surface area contributed by atoms with Gasteiger partial charge in [-0.15, -0.1) is 0 Å². The van der Waals surface area contributed by atoms with E-state index in [0.717, 1.165) is 36.2 Å². The molecule has 0 saturated heterocycles. The monoisotopic (exact) mass is 261 g/mol. The molecule has 104 valence electrons. The second-order valence-electron chi connectivity index (χ2n) is 4.80. The van der Waals surface area contributed by atoms with Crippen LogP contribution in [0, 0.1) is 0 Å². The van der Waals surface area contributed by atoms with Crippen molar-refractivity contribution in [3.8, 4) is 5.75 Å². The minimum Gasteiger partial charge on any atom is -0.491 e. The van der Waals surface area contributed by atoms with Crippen molar-refractivity contribution >= 4 is 17.0 Å².